The van der Waals surface area contributed by atoms with Gasteiger partial charge in [0.15, 0.2) is 11.6 Å². The molecule has 19 heavy (non-hydrogen) atoms. The number of halogens is 1. The summed E-state index contributed by atoms with van der Waals surface area (Å²) in [5.74, 6) is 0.946. The zero-order chi connectivity index (χ0) is 13.7. The van der Waals surface area contributed by atoms with Crippen molar-refractivity contribution in [2.45, 2.75) is 45.1 Å². The first-order valence-electron chi connectivity index (χ1n) is 7.28. The van der Waals surface area contributed by atoms with Crippen LogP contribution in [0.25, 0.3) is 0 Å². The summed E-state index contributed by atoms with van der Waals surface area (Å²) in [6, 6.07) is 5.76. The lowest BCUT2D eigenvalue weighted by molar-refractivity contribution is 0.385. The first-order chi connectivity index (χ1) is 9.22. The molecule has 1 unspecified atom stereocenters. The van der Waals surface area contributed by atoms with Crippen molar-refractivity contribution in [3.05, 3.63) is 29.6 Å². The Kier molecular flexibility index (Phi) is 5.20. The number of benzene rings is 1. The normalized spacial score (nSPS) is 16.4. The Morgan fingerprint density at radius 2 is 2.21 bits per heavy atom. The molecule has 0 heterocycles. The van der Waals surface area contributed by atoms with E-state index in [-0.39, 0.29) is 5.82 Å². The van der Waals surface area contributed by atoms with Crippen LogP contribution in [0.4, 0.5) is 4.39 Å². The van der Waals surface area contributed by atoms with Crippen LogP contribution in [-0.2, 0) is 6.42 Å². The van der Waals surface area contributed by atoms with Crippen molar-refractivity contribution in [1.29, 1.82) is 0 Å². The molecule has 0 saturated heterocycles. The quantitative estimate of drug-likeness (QED) is 0.776. The number of nitrogens with one attached hydrogen (secondary N) is 1. The van der Waals surface area contributed by atoms with Crippen LogP contribution >= 0.6 is 0 Å². The van der Waals surface area contributed by atoms with Gasteiger partial charge in [-0.05, 0) is 49.4 Å². The third kappa shape index (κ3) is 4.50. The van der Waals surface area contributed by atoms with Crippen LogP contribution in [0.5, 0.6) is 5.75 Å². The molecular formula is C16H24FNO. The highest BCUT2D eigenvalue weighted by atomic mass is 19.1. The van der Waals surface area contributed by atoms with Crippen molar-refractivity contribution >= 4 is 0 Å². The van der Waals surface area contributed by atoms with Gasteiger partial charge >= 0.3 is 0 Å². The van der Waals surface area contributed by atoms with E-state index in [4.69, 9.17) is 4.74 Å². The van der Waals surface area contributed by atoms with E-state index >= 15 is 0 Å². The lowest BCUT2D eigenvalue weighted by Crippen LogP contribution is -2.32. The van der Waals surface area contributed by atoms with E-state index in [9.17, 15) is 4.39 Å². The van der Waals surface area contributed by atoms with Gasteiger partial charge in [0.25, 0.3) is 0 Å². The van der Waals surface area contributed by atoms with Gasteiger partial charge in [0.2, 0.25) is 0 Å². The minimum Gasteiger partial charge on any atom is -0.494 e. The lowest BCUT2D eigenvalue weighted by Gasteiger charge is -2.18. The molecule has 0 aromatic heterocycles. The Bertz CT molecular complexity index is 404. The second kappa shape index (κ2) is 6.90. The summed E-state index contributed by atoms with van der Waals surface area (Å²) < 4.78 is 18.6. The second-order valence-electron chi connectivity index (χ2n) is 5.50. The molecule has 0 bridgehead atoms. The maximum Gasteiger partial charge on any atom is 0.165 e. The van der Waals surface area contributed by atoms with Gasteiger partial charge in [0.1, 0.15) is 0 Å². The van der Waals surface area contributed by atoms with Crippen LogP contribution in [0.1, 0.15) is 38.2 Å². The third-order valence-electron chi connectivity index (χ3n) is 3.70. The molecule has 1 aromatic carbocycles. The molecule has 1 aliphatic rings. The molecule has 1 aromatic rings. The molecule has 106 valence electrons. The van der Waals surface area contributed by atoms with E-state index in [1.54, 1.807) is 12.1 Å². The van der Waals surface area contributed by atoms with E-state index in [2.05, 4.69) is 12.2 Å². The molecule has 1 fully saturated rings. The zero-order valence-corrected chi connectivity index (χ0v) is 11.9. The fourth-order valence-electron chi connectivity index (χ4n) is 2.46. The van der Waals surface area contributed by atoms with Crippen LogP contribution in [0, 0.1) is 11.7 Å². The minimum absolute atomic E-state index is 0.263. The molecule has 1 N–H and O–H groups in total. The Balaban J connectivity index is 1.96. The average molecular weight is 265 g/mol. The van der Waals surface area contributed by atoms with Crippen LogP contribution in [-0.4, -0.2) is 19.7 Å². The fraction of sp³-hybridized carbons (Fsp3) is 0.625. The van der Waals surface area contributed by atoms with E-state index in [1.165, 1.54) is 26.4 Å². The van der Waals surface area contributed by atoms with E-state index < -0.39 is 0 Å². The molecule has 2 rings (SSSR count). The molecule has 0 radical (unpaired) electrons. The van der Waals surface area contributed by atoms with Crippen LogP contribution in [0.3, 0.4) is 0 Å². The second-order valence-corrected chi connectivity index (χ2v) is 5.50. The van der Waals surface area contributed by atoms with Gasteiger partial charge in [-0.1, -0.05) is 25.8 Å². The maximum atomic E-state index is 13.7. The summed E-state index contributed by atoms with van der Waals surface area (Å²) in [5.41, 5.74) is 1.05. The molecule has 0 amide bonds. The van der Waals surface area contributed by atoms with Gasteiger partial charge in [0, 0.05) is 6.04 Å². The lowest BCUT2D eigenvalue weighted by atomic mass is 10.0. The topological polar surface area (TPSA) is 21.3 Å². The highest BCUT2D eigenvalue weighted by molar-refractivity contribution is 5.29. The Labute approximate surface area is 115 Å². The van der Waals surface area contributed by atoms with Crippen molar-refractivity contribution in [2.75, 3.05) is 13.7 Å². The Morgan fingerprint density at radius 1 is 1.42 bits per heavy atom. The van der Waals surface area contributed by atoms with Gasteiger partial charge in [-0.3, -0.25) is 0 Å². The van der Waals surface area contributed by atoms with E-state index in [0.717, 1.165) is 30.9 Å². The summed E-state index contributed by atoms with van der Waals surface area (Å²) >= 11 is 0. The molecule has 1 saturated carbocycles. The maximum absolute atomic E-state index is 13.7. The Morgan fingerprint density at radius 3 is 2.79 bits per heavy atom. The molecule has 3 heteroatoms. The fourth-order valence-corrected chi connectivity index (χ4v) is 2.46. The van der Waals surface area contributed by atoms with Crippen LogP contribution in [0.2, 0.25) is 0 Å². The summed E-state index contributed by atoms with van der Waals surface area (Å²) in [6.07, 6.45) is 5.98. The zero-order valence-electron chi connectivity index (χ0n) is 11.9. The summed E-state index contributed by atoms with van der Waals surface area (Å²) in [5, 5.41) is 3.58. The smallest absolute Gasteiger partial charge is 0.165 e. The molecule has 0 aliphatic heterocycles. The molecule has 1 aliphatic carbocycles. The van der Waals surface area contributed by atoms with Gasteiger partial charge in [-0.2, -0.15) is 0 Å². The van der Waals surface area contributed by atoms with Crippen LogP contribution < -0.4 is 10.1 Å². The third-order valence-corrected chi connectivity index (χ3v) is 3.70. The van der Waals surface area contributed by atoms with Crippen LogP contribution in [0.15, 0.2) is 18.2 Å². The number of ether oxygens (including phenoxy) is 1. The summed E-state index contributed by atoms with van der Waals surface area (Å²) in [7, 11) is 1.50. The molecular weight excluding hydrogens is 241 g/mol. The number of hydrogen-bond acceptors (Lipinski definition) is 2. The molecule has 1 atom stereocenters. The standard InChI is InChI=1S/C16H24FNO/c1-3-8-18-14(9-12-4-5-12)10-13-6-7-16(19-2)15(17)11-13/h6-7,11-12,14,18H,3-5,8-10H2,1-2H3. The number of methoxy groups -OCH3 is 1. The predicted molar refractivity (Wildman–Crippen MR) is 76.1 cm³/mol. The summed E-state index contributed by atoms with van der Waals surface area (Å²) in [6.45, 7) is 3.21. The van der Waals surface area contributed by atoms with Crippen molar-refractivity contribution in [3.63, 3.8) is 0 Å². The van der Waals surface area contributed by atoms with Gasteiger partial charge in [-0.15, -0.1) is 0 Å². The van der Waals surface area contributed by atoms with Crippen molar-refractivity contribution in [1.82, 2.24) is 5.32 Å². The van der Waals surface area contributed by atoms with Crippen molar-refractivity contribution < 1.29 is 9.13 Å². The Hall–Kier alpha value is -1.09. The largest absolute Gasteiger partial charge is 0.494 e. The van der Waals surface area contributed by atoms with Gasteiger partial charge in [0.05, 0.1) is 7.11 Å². The predicted octanol–water partition coefficient (Wildman–Crippen LogP) is 3.55. The SMILES string of the molecule is CCCNC(Cc1ccc(OC)c(F)c1)CC1CC1. The first-order valence-corrected chi connectivity index (χ1v) is 7.28. The van der Waals surface area contributed by atoms with Gasteiger partial charge < -0.3 is 10.1 Å². The number of hydrogen-bond donors (Lipinski definition) is 1. The average Bonchev–Trinajstić information content (AvgIpc) is 3.20. The first kappa shape index (κ1) is 14.3. The van der Waals surface area contributed by atoms with Gasteiger partial charge in [-0.25, -0.2) is 4.39 Å². The highest BCUT2D eigenvalue weighted by Crippen LogP contribution is 2.34. The van der Waals surface area contributed by atoms with E-state index in [0.29, 0.717) is 11.8 Å². The minimum atomic E-state index is -0.263. The molecule has 0 spiro atoms. The van der Waals surface area contributed by atoms with Crippen molar-refractivity contribution in [3.8, 4) is 5.75 Å². The monoisotopic (exact) mass is 265 g/mol. The summed E-state index contributed by atoms with van der Waals surface area (Å²) in [4.78, 5) is 0. The van der Waals surface area contributed by atoms with Crippen molar-refractivity contribution in [2.24, 2.45) is 5.92 Å². The van der Waals surface area contributed by atoms with E-state index in [1.807, 2.05) is 6.07 Å². The highest BCUT2D eigenvalue weighted by Gasteiger charge is 2.25. The number of rotatable bonds is 8. The molecule has 2 nitrogen and oxygen atoms in total.